The van der Waals surface area contributed by atoms with E-state index in [1.165, 1.54) is 12.0 Å². The van der Waals surface area contributed by atoms with Crippen LogP contribution in [0.4, 0.5) is 0 Å². The van der Waals surface area contributed by atoms with E-state index in [2.05, 4.69) is 42.3 Å². The van der Waals surface area contributed by atoms with Gasteiger partial charge in [-0.25, -0.2) is 0 Å². The van der Waals surface area contributed by atoms with Crippen molar-refractivity contribution in [3.63, 3.8) is 0 Å². The standard InChI is InChI=1S/C25H32N2O2/c1-26(18-20-8-3-2-4-9-20)19-21-14-16-27(17-15-21)25(28)23-12-5-6-13-24(23)29-22-10-7-11-22/h2-6,8-9,12-13,21-22H,7,10-11,14-19H2,1H3. The maximum Gasteiger partial charge on any atom is 0.257 e. The summed E-state index contributed by atoms with van der Waals surface area (Å²) in [4.78, 5) is 17.5. The molecule has 0 unspecified atom stereocenters. The molecule has 0 radical (unpaired) electrons. The molecular formula is C25H32N2O2. The SMILES string of the molecule is CN(Cc1ccccc1)CC1CCN(C(=O)c2ccccc2OC2CCC2)CC1. The zero-order valence-corrected chi connectivity index (χ0v) is 17.4. The van der Waals surface area contributed by atoms with Gasteiger partial charge in [0.1, 0.15) is 5.75 Å². The van der Waals surface area contributed by atoms with Crippen LogP contribution in [0.15, 0.2) is 54.6 Å². The molecule has 4 heteroatoms. The van der Waals surface area contributed by atoms with Crippen molar-refractivity contribution in [2.24, 2.45) is 5.92 Å². The number of hydrogen-bond donors (Lipinski definition) is 0. The minimum atomic E-state index is 0.121. The van der Waals surface area contributed by atoms with Gasteiger partial charge in [0.25, 0.3) is 5.91 Å². The van der Waals surface area contributed by atoms with Gasteiger partial charge in [-0.15, -0.1) is 0 Å². The molecule has 1 aliphatic carbocycles. The monoisotopic (exact) mass is 392 g/mol. The van der Waals surface area contributed by atoms with Gasteiger partial charge >= 0.3 is 0 Å². The highest BCUT2D eigenvalue weighted by atomic mass is 16.5. The normalized spacial score (nSPS) is 17.9. The minimum Gasteiger partial charge on any atom is -0.490 e. The molecule has 0 N–H and O–H groups in total. The third-order valence-corrected chi connectivity index (χ3v) is 6.23. The zero-order valence-electron chi connectivity index (χ0n) is 17.4. The molecule has 1 heterocycles. The van der Waals surface area contributed by atoms with E-state index < -0.39 is 0 Å². The van der Waals surface area contributed by atoms with Crippen molar-refractivity contribution in [3.8, 4) is 5.75 Å². The molecule has 0 bridgehead atoms. The highest BCUT2D eigenvalue weighted by Gasteiger charge is 2.27. The topological polar surface area (TPSA) is 32.8 Å². The van der Waals surface area contributed by atoms with Crippen LogP contribution < -0.4 is 4.74 Å². The van der Waals surface area contributed by atoms with Gasteiger partial charge in [-0.3, -0.25) is 4.79 Å². The molecule has 2 aromatic rings. The van der Waals surface area contributed by atoms with Crippen molar-refractivity contribution >= 4 is 5.91 Å². The summed E-state index contributed by atoms with van der Waals surface area (Å²) in [6.07, 6.45) is 5.85. The Morgan fingerprint density at radius 2 is 1.69 bits per heavy atom. The Labute approximate surface area is 174 Å². The first kappa shape index (κ1) is 20.0. The molecule has 0 atom stereocenters. The van der Waals surface area contributed by atoms with Crippen molar-refractivity contribution in [1.82, 2.24) is 9.80 Å². The van der Waals surface area contributed by atoms with Crippen LogP contribution in [-0.2, 0) is 6.54 Å². The van der Waals surface area contributed by atoms with Crippen molar-refractivity contribution in [1.29, 1.82) is 0 Å². The predicted molar refractivity (Wildman–Crippen MR) is 116 cm³/mol. The number of likely N-dealkylation sites (tertiary alicyclic amines) is 1. The first-order valence-electron chi connectivity index (χ1n) is 11.0. The van der Waals surface area contributed by atoms with Crippen LogP contribution in [0.25, 0.3) is 0 Å². The number of nitrogens with zero attached hydrogens (tertiary/aromatic N) is 2. The Balaban J connectivity index is 1.28. The molecule has 1 saturated heterocycles. The molecule has 29 heavy (non-hydrogen) atoms. The fourth-order valence-electron chi connectivity index (χ4n) is 4.30. The number of para-hydroxylation sites is 1. The molecule has 4 nitrogen and oxygen atoms in total. The van der Waals surface area contributed by atoms with Crippen molar-refractivity contribution in [2.75, 3.05) is 26.7 Å². The average molecular weight is 393 g/mol. The van der Waals surface area contributed by atoms with Crippen LogP contribution in [0.3, 0.4) is 0 Å². The van der Waals surface area contributed by atoms with E-state index in [1.807, 2.05) is 29.2 Å². The average Bonchev–Trinajstić information content (AvgIpc) is 2.72. The zero-order chi connectivity index (χ0) is 20.1. The Bertz CT molecular complexity index is 795. The van der Waals surface area contributed by atoms with Gasteiger partial charge in [-0.05, 0) is 62.8 Å². The molecule has 0 aromatic heterocycles. The first-order chi connectivity index (χ1) is 14.2. The van der Waals surface area contributed by atoms with E-state index in [-0.39, 0.29) is 12.0 Å². The summed E-state index contributed by atoms with van der Waals surface area (Å²) in [6.45, 7) is 3.73. The summed E-state index contributed by atoms with van der Waals surface area (Å²) in [6, 6.07) is 18.4. The van der Waals surface area contributed by atoms with Gasteiger partial charge in [0.05, 0.1) is 11.7 Å². The maximum absolute atomic E-state index is 13.1. The van der Waals surface area contributed by atoms with Crippen LogP contribution in [0, 0.1) is 5.92 Å². The van der Waals surface area contributed by atoms with Gasteiger partial charge in [0, 0.05) is 26.2 Å². The van der Waals surface area contributed by atoms with Crippen molar-refractivity contribution in [2.45, 2.75) is 44.8 Å². The minimum absolute atomic E-state index is 0.121. The van der Waals surface area contributed by atoms with Crippen LogP contribution in [0.1, 0.15) is 48.0 Å². The lowest BCUT2D eigenvalue weighted by Gasteiger charge is -2.34. The van der Waals surface area contributed by atoms with E-state index >= 15 is 0 Å². The predicted octanol–water partition coefficient (Wildman–Crippen LogP) is 4.60. The molecule has 1 amide bonds. The second kappa shape index (κ2) is 9.45. The molecule has 2 aliphatic rings. The fraction of sp³-hybridized carbons (Fsp3) is 0.480. The highest BCUT2D eigenvalue weighted by molar-refractivity contribution is 5.97. The Hall–Kier alpha value is -2.33. The third kappa shape index (κ3) is 5.18. The lowest BCUT2D eigenvalue weighted by atomic mass is 9.95. The number of piperidine rings is 1. The number of rotatable bonds is 7. The number of benzene rings is 2. The summed E-state index contributed by atoms with van der Waals surface area (Å²) in [5.74, 6) is 1.53. The summed E-state index contributed by atoms with van der Waals surface area (Å²) < 4.78 is 6.07. The van der Waals surface area contributed by atoms with E-state index in [4.69, 9.17) is 4.74 Å². The molecular weight excluding hydrogens is 360 g/mol. The van der Waals surface area contributed by atoms with Crippen LogP contribution in [0.2, 0.25) is 0 Å². The van der Waals surface area contributed by atoms with Crippen LogP contribution in [-0.4, -0.2) is 48.5 Å². The van der Waals surface area contributed by atoms with Gasteiger partial charge in [0.2, 0.25) is 0 Å². The summed E-state index contributed by atoms with van der Waals surface area (Å²) in [5.41, 5.74) is 2.07. The van der Waals surface area contributed by atoms with E-state index in [9.17, 15) is 4.79 Å². The molecule has 2 fully saturated rings. The Kier molecular flexibility index (Phi) is 6.50. The number of hydrogen-bond acceptors (Lipinski definition) is 3. The van der Waals surface area contributed by atoms with Crippen molar-refractivity contribution < 1.29 is 9.53 Å². The summed E-state index contributed by atoms with van der Waals surface area (Å²) >= 11 is 0. The van der Waals surface area contributed by atoms with Gasteiger partial charge in [-0.1, -0.05) is 42.5 Å². The molecule has 1 saturated carbocycles. The van der Waals surface area contributed by atoms with Crippen LogP contribution >= 0.6 is 0 Å². The van der Waals surface area contributed by atoms with Gasteiger partial charge in [-0.2, -0.15) is 0 Å². The maximum atomic E-state index is 13.1. The number of ether oxygens (including phenoxy) is 1. The first-order valence-corrected chi connectivity index (χ1v) is 11.0. The lowest BCUT2D eigenvalue weighted by Crippen LogP contribution is -2.41. The van der Waals surface area contributed by atoms with E-state index in [0.717, 1.165) is 63.2 Å². The van der Waals surface area contributed by atoms with Crippen LogP contribution in [0.5, 0.6) is 5.75 Å². The smallest absolute Gasteiger partial charge is 0.257 e. The third-order valence-electron chi connectivity index (χ3n) is 6.23. The molecule has 4 rings (SSSR count). The summed E-state index contributed by atoms with van der Waals surface area (Å²) in [7, 11) is 2.19. The number of carbonyl (C=O) groups is 1. The molecule has 154 valence electrons. The second-order valence-corrected chi connectivity index (χ2v) is 8.58. The van der Waals surface area contributed by atoms with E-state index in [0.29, 0.717) is 5.92 Å². The molecule has 0 spiro atoms. The quantitative estimate of drug-likeness (QED) is 0.690. The van der Waals surface area contributed by atoms with Gasteiger partial charge in [0.15, 0.2) is 0 Å². The Morgan fingerprint density at radius 1 is 1.00 bits per heavy atom. The largest absolute Gasteiger partial charge is 0.490 e. The summed E-state index contributed by atoms with van der Waals surface area (Å²) in [5, 5.41) is 0. The van der Waals surface area contributed by atoms with Crippen molar-refractivity contribution in [3.05, 3.63) is 65.7 Å². The number of amides is 1. The Morgan fingerprint density at radius 3 is 2.38 bits per heavy atom. The number of carbonyl (C=O) groups excluding carboxylic acids is 1. The fourth-order valence-corrected chi connectivity index (χ4v) is 4.30. The van der Waals surface area contributed by atoms with E-state index in [1.54, 1.807) is 0 Å². The molecule has 1 aliphatic heterocycles. The van der Waals surface area contributed by atoms with Gasteiger partial charge < -0.3 is 14.5 Å². The highest BCUT2D eigenvalue weighted by Crippen LogP contribution is 2.29. The lowest BCUT2D eigenvalue weighted by molar-refractivity contribution is 0.0657. The molecule has 2 aromatic carbocycles. The second-order valence-electron chi connectivity index (χ2n) is 8.58.